The first-order valence-corrected chi connectivity index (χ1v) is 11.7. The van der Waals surface area contributed by atoms with Crippen LogP contribution in [0.5, 0.6) is 0 Å². The monoisotopic (exact) mass is 474 g/mol. The maximum Gasteiger partial charge on any atom is 0.408 e. The molecular formula is C26H38N2O6. The van der Waals surface area contributed by atoms with E-state index in [9.17, 15) is 19.5 Å². The van der Waals surface area contributed by atoms with E-state index in [1.54, 1.807) is 38.7 Å². The van der Waals surface area contributed by atoms with Gasteiger partial charge in [-0.3, -0.25) is 9.59 Å². The standard InChI is InChI=1S/C26H38N2O6/c1-17(2)14-20(12-13-22(29)18(3)27-25(32)34-26(4,5)6)23(30)28-16-33-24(31)21(28)15-19-10-8-7-9-11-19/h7-13,17-18,20-21,24,31H,14-16H2,1-6H3,(H,27,32)/b13-12+/t18-,20-,21-,24+/m0/s1. The molecule has 0 saturated carbocycles. The number of nitrogens with zero attached hydrogens (tertiary/aromatic N) is 1. The van der Waals surface area contributed by atoms with Gasteiger partial charge in [-0.1, -0.05) is 50.3 Å². The zero-order chi connectivity index (χ0) is 25.5. The Kier molecular flexibility index (Phi) is 9.82. The molecule has 1 aliphatic heterocycles. The second-order valence-electron chi connectivity index (χ2n) is 10.1. The first-order valence-electron chi connectivity index (χ1n) is 11.7. The van der Waals surface area contributed by atoms with Crippen LogP contribution in [0.1, 0.15) is 53.5 Å². The average molecular weight is 475 g/mol. The first-order chi connectivity index (χ1) is 15.9. The number of aliphatic hydroxyl groups excluding tert-OH is 1. The Morgan fingerprint density at radius 2 is 1.85 bits per heavy atom. The fraction of sp³-hybridized carbons (Fsp3) is 0.577. The number of rotatable bonds is 9. The van der Waals surface area contributed by atoms with Crippen LogP contribution in [0, 0.1) is 11.8 Å². The molecule has 1 aromatic rings. The number of alkyl carbamates (subject to hydrolysis) is 1. The van der Waals surface area contributed by atoms with Gasteiger partial charge in [-0.05, 0) is 58.1 Å². The Hall–Kier alpha value is -2.71. The minimum Gasteiger partial charge on any atom is -0.444 e. The van der Waals surface area contributed by atoms with Gasteiger partial charge in [0, 0.05) is 0 Å². The van der Waals surface area contributed by atoms with Crippen LogP contribution in [0.25, 0.3) is 0 Å². The molecule has 34 heavy (non-hydrogen) atoms. The lowest BCUT2D eigenvalue weighted by Crippen LogP contribution is -2.44. The summed E-state index contributed by atoms with van der Waals surface area (Å²) in [5, 5.41) is 12.9. The van der Waals surface area contributed by atoms with E-state index in [1.165, 1.54) is 6.08 Å². The van der Waals surface area contributed by atoms with Crippen molar-refractivity contribution in [2.75, 3.05) is 6.73 Å². The molecule has 4 atom stereocenters. The van der Waals surface area contributed by atoms with E-state index in [4.69, 9.17) is 9.47 Å². The molecule has 0 bridgehead atoms. The minimum absolute atomic E-state index is 0.00944. The number of hydrogen-bond acceptors (Lipinski definition) is 6. The summed E-state index contributed by atoms with van der Waals surface area (Å²) in [4.78, 5) is 39.5. The number of carbonyl (C=O) groups is 3. The number of carbonyl (C=O) groups excluding carboxylic acids is 3. The van der Waals surface area contributed by atoms with Gasteiger partial charge in [0.05, 0.1) is 18.0 Å². The highest BCUT2D eigenvalue weighted by Gasteiger charge is 2.39. The zero-order valence-corrected chi connectivity index (χ0v) is 21.0. The lowest BCUT2D eigenvalue weighted by Gasteiger charge is -2.27. The lowest BCUT2D eigenvalue weighted by molar-refractivity contribution is -0.136. The van der Waals surface area contributed by atoms with Gasteiger partial charge >= 0.3 is 6.09 Å². The molecule has 0 radical (unpaired) electrons. The number of ketones is 1. The second kappa shape index (κ2) is 12.1. The third-order valence-corrected chi connectivity index (χ3v) is 5.38. The van der Waals surface area contributed by atoms with Gasteiger partial charge in [0.15, 0.2) is 12.1 Å². The Balaban J connectivity index is 2.09. The minimum atomic E-state index is -1.08. The van der Waals surface area contributed by atoms with Gasteiger partial charge < -0.3 is 24.8 Å². The maximum atomic E-state index is 13.4. The average Bonchev–Trinajstić information content (AvgIpc) is 3.09. The molecule has 1 heterocycles. The van der Waals surface area contributed by atoms with Crippen LogP contribution < -0.4 is 5.32 Å². The predicted molar refractivity (Wildman–Crippen MR) is 129 cm³/mol. The van der Waals surface area contributed by atoms with Crippen molar-refractivity contribution in [3.8, 4) is 0 Å². The van der Waals surface area contributed by atoms with E-state index in [0.29, 0.717) is 12.8 Å². The summed E-state index contributed by atoms with van der Waals surface area (Å²) in [6.45, 7) is 10.8. The van der Waals surface area contributed by atoms with Crippen LogP contribution in [-0.2, 0) is 25.5 Å². The first kappa shape index (κ1) is 27.5. The molecule has 0 aliphatic carbocycles. The molecule has 1 fully saturated rings. The van der Waals surface area contributed by atoms with Crippen LogP contribution in [0.3, 0.4) is 0 Å². The van der Waals surface area contributed by atoms with Gasteiger partial charge in [-0.2, -0.15) is 0 Å². The van der Waals surface area contributed by atoms with Crippen molar-refractivity contribution in [1.29, 1.82) is 0 Å². The smallest absolute Gasteiger partial charge is 0.408 e. The Morgan fingerprint density at radius 1 is 1.21 bits per heavy atom. The summed E-state index contributed by atoms with van der Waals surface area (Å²) in [5.74, 6) is -0.911. The molecule has 0 aromatic heterocycles. The Morgan fingerprint density at radius 3 is 2.44 bits per heavy atom. The molecule has 188 valence electrons. The summed E-state index contributed by atoms with van der Waals surface area (Å²) in [6.07, 6.45) is 2.16. The van der Waals surface area contributed by atoms with Gasteiger partial charge in [-0.15, -0.1) is 0 Å². The molecule has 1 saturated heterocycles. The topological polar surface area (TPSA) is 105 Å². The number of ether oxygens (including phenoxy) is 2. The van der Waals surface area contributed by atoms with Crippen molar-refractivity contribution in [1.82, 2.24) is 10.2 Å². The lowest BCUT2D eigenvalue weighted by atomic mass is 9.93. The largest absolute Gasteiger partial charge is 0.444 e. The van der Waals surface area contributed by atoms with E-state index < -0.39 is 36.0 Å². The normalized spacial score (nSPS) is 20.4. The Labute approximate surface area is 202 Å². The zero-order valence-electron chi connectivity index (χ0n) is 21.0. The van der Waals surface area contributed by atoms with Gasteiger partial charge in [-0.25, -0.2) is 4.79 Å². The number of amides is 2. The summed E-state index contributed by atoms with van der Waals surface area (Å²) in [5.41, 5.74) is 0.318. The van der Waals surface area contributed by atoms with E-state index in [2.05, 4.69) is 5.32 Å². The van der Waals surface area contributed by atoms with E-state index >= 15 is 0 Å². The maximum absolute atomic E-state index is 13.4. The van der Waals surface area contributed by atoms with Crippen LogP contribution in [-0.4, -0.2) is 58.5 Å². The van der Waals surface area contributed by atoms with Crippen LogP contribution in [0.2, 0.25) is 0 Å². The number of benzene rings is 1. The van der Waals surface area contributed by atoms with Crippen molar-refractivity contribution in [3.63, 3.8) is 0 Å². The highest BCUT2D eigenvalue weighted by atomic mass is 16.6. The van der Waals surface area contributed by atoms with Gasteiger partial charge in [0.1, 0.15) is 12.3 Å². The summed E-state index contributed by atoms with van der Waals surface area (Å²) < 4.78 is 10.6. The SMILES string of the molecule is CC(C)C[C@H](/C=C/C(=O)[C@H](C)NC(=O)OC(C)(C)C)C(=O)N1CO[C@@H](O)[C@@H]1Cc1ccccc1. The molecule has 0 spiro atoms. The van der Waals surface area contributed by atoms with Crippen LogP contribution in [0.4, 0.5) is 4.79 Å². The third-order valence-electron chi connectivity index (χ3n) is 5.38. The third kappa shape index (κ3) is 8.57. The molecule has 2 amide bonds. The second-order valence-corrected chi connectivity index (χ2v) is 10.1. The van der Waals surface area contributed by atoms with Gasteiger partial charge in [0.25, 0.3) is 0 Å². The molecule has 0 unspecified atom stereocenters. The van der Waals surface area contributed by atoms with Crippen LogP contribution >= 0.6 is 0 Å². The summed E-state index contributed by atoms with van der Waals surface area (Å²) in [6, 6.07) is 8.30. The number of hydrogen-bond donors (Lipinski definition) is 2. The highest BCUT2D eigenvalue weighted by molar-refractivity contribution is 5.96. The van der Waals surface area contributed by atoms with Crippen molar-refractivity contribution >= 4 is 17.8 Å². The van der Waals surface area contributed by atoms with Crippen molar-refractivity contribution in [2.24, 2.45) is 11.8 Å². The van der Waals surface area contributed by atoms with Crippen molar-refractivity contribution in [2.45, 2.75) is 78.4 Å². The van der Waals surface area contributed by atoms with E-state index in [-0.39, 0.29) is 24.3 Å². The molecule has 2 N–H and O–H groups in total. The molecule has 2 rings (SSSR count). The fourth-order valence-corrected chi connectivity index (χ4v) is 3.70. The quantitative estimate of drug-likeness (QED) is 0.531. The Bertz CT molecular complexity index is 862. The van der Waals surface area contributed by atoms with Crippen molar-refractivity contribution in [3.05, 3.63) is 48.0 Å². The van der Waals surface area contributed by atoms with E-state index in [1.807, 2.05) is 44.2 Å². The summed E-state index contributed by atoms with van der Waals surface area (Å²) in [7, 11) is 0. The predicted octanol–water partition coefficient (Wildman–Crippen LogP) is 3.43. The molecule has 1 aromatic carbocycles. The highest BCUT2D eigenvalue weighted by Crippen LogP contribution is 2.25. The molecular weight excluding hydrogens is 436 g/mol. The number of nitrogens with one attached hydrogen (secondary N) is 1. The molecule has 1 aliphatic rings. The molecule has 8 heteroatoms. The van der Waals surface area contributed by atoms with Gasteiger partial charge in [0.2, 0.25) is 5.91 Å². The van der Waals surface area contributed by atoms with Crippen LogP contribution in [0.15, 0.2) is 42.5 Å². The number of aliphatic hydroxyl groups is 1. The molecule has 8 nitrogen and oxygen atoms in total. The fourth-order valence-electron chi connectivity index (χ4n) is 3.70. The van der Waals surface area contributed by atoms with E-state index in [0.717, 1.165) is 5.56 Å². The van der Waals surface area contributed by atoms with Crippen molar-refractivity contribution < 1.29 is 29.0 Å². The summed E-state index contributed by atoms with van der Waals surface area (Å²) >= 11 is 0.